The number of ether oxygens (including phenoxy) is 2. The SMILES string of the molecule is CCOC(=O)[C@]12CC(=CN)C(=Nc3ccc(F)cc3)C=C1CC[C@H](N(CCF)S(=O)(=O)c1cnn(C)c1)C2.CCOC(=O)[C@]12CC(=CN)C(=Nc3ccc(F)cc3)C=C1CC[C@H](NS(=O)(=O)c1cnn(C)c1)C2. The van der Waals surface area contributed by atoms with E-state index in [0.717, 1.165) is 15.5 Å². The average Bonchev–Trinajstić information content (AvgIpc) is 4.03. The number of hydrogen-bond donors (Lipinski definition) is 3. The molecule has 4 aromatic rings. The van der Waals surface area contributed by atoms with Gasteiger partial charge in [0.05, 0.1) is 59.2 Å². The summed E-state index contributed by atoms with van der Waals surface area (Å²) in [5.74, 6) is -1.66. The van der Waals surface area contributed by atoms with Crippen LogP contribution in [0.25, 0.3) is 0 Å². The van der Waals surface area contributed by atoms with Gasteiger partial charge < -0.3 is 20.9 Å². The van der Waals surface area contributed by atoms with Crippen molar-refractivity contribution in [1.82, 2.24) is 28.6 Å². The van der Waals surface area contributed by atoms with Crippen LogP contribution in [0.2, 0.25) is 0 Å². The molecule has 4 aliphatic carbocycles. The van der Waals surface area contributed by atoms with Gasteiger partial charge in [0, 0.05) is 45.1 Å². The molecule has 4 atom stereocenters. The fourth-order valence-corrected chi connectivity index (χ4v) is 12.8. The number of carbonyl (C=O) groups is 2. The minimum atomic E-state index is -4.07. The van der Waals surface area contributed by atoms with Crippen LogP contribution in [-0.2, 0) is 53.2 Å². The number of alkyl halides is 1. The van der Waals surface area contributed by atoms with E-state index in [2.05, 4.69) is 24.9 Å². The summed E-state index contributed by atoms with van der Waals surface area (Å²) < 4.78 is 111. The smallest absolute Gasteiger partial charge is 0.316 e. The molecule has 2 fully saturated rings. The number of aliphatic imine (C=N–C) groups is 2. The predicted octanol–water partition coefficient (Wildman–Crippen LogP) is 6.45. The van der Waals surface area contributed by atoms with Crippen molar-refractivity contribution in [3.05, 3.63) is 132 Å². The lowest BCUT2D eigenvalue weighted by Crippen LogP contribution is -2.51. The zero-order valence-corrected chi connectivity index (χ0v) is 42.5. The second kappa shape index (κ2) is 22.6. The van der Waals surface area contributed by atoms with Gasteiger partial charge in [-0.1, -0.05) is 11.1 Å². The first-order valence-corrected chi connectivity index (χ1v) is 26.6. The normalized spacial score (nSPS) is 24.3. The van der Waals surface area contributed by atoms with Crippen LogP contribution in [-0.4, -0.2) is 103 Å². The Morgan fingerprint density at radius 3 is 1.67 bits per heavy atom. The number of nitrogens with one attached hydrogen (secondary N) is 1. The van der Waals surface area contributed by atoms with Crippen molar-refractivity contribution >= 4 is 54.8 Å². The van der Waals surface area contributed by atoms with Gasteiger partial charge in [0.25, 0.3) is 0 Å². The molecule has 0 spiro atoms. The summed E-state index contributed by atoms with van der Waals surface area (Å²) >= 11 is 0. The molecule has 0 aliphatic heterocycles. The Bertz CT molecular complexity index is 3110. The third-order valence-electron chi connectivity index (χ3n) is 13.4. The molecule has 5 N–H and O–H groups in total. The van der Waals surface area contributed by atoms with Crippen molar-refractivity contribution in [3.8, 4) is 0 Å². The van der Waals surface area contributed by atoms with Gasteiger partial charge in [-0.3, -0.25) is 19.0 Å². The highest BCUT2D eigenvalue weighted by Crippen LogP contribution is 2.52. The zero-order chi connectivity index (χ0) is 52.7. The molecule has 2 saturated carbocycles. The molecule has 8 rings (SSSR count). The van der Waals surface area contributed by atoms with Crippen LogP contribution in [0.5, 0.6) is 0 Å². The van der Waals surface area contributed by atoms with Crippen LogP contribution in [0.15, 0.2) is 140 Å². The number of allylic oxidation sites excluding steroid dienone is 4. The first-order valence-electron chi connectivity index (χ1n) is 23.7. The molecule has 0 saturated heterocycles. The highest BCUT2D eigenvalue weighted by molar-refractivity contribution is 7.89. The maximum atomic E-state index is 13.7. The van der Waals surface area contributed by atoms with Crippen LogP contribution in [0.3, 0.4) is 0 Å². The van der Waals surface area contributed by atoms with E-state index in [1.807, 2.05) is 6.08 Å². The average molecular weight is 1050 g/mol. The van der Waals surface area contributed by atoms with E-state index in [1.165, 1.54) is 82.9 Å². The minimum Gasteiger partial charge on any atom is -0.465 e. The van der Waals surface area contributed by atoms with Gasteiger partial charge in [-0.2, -0.15) is 14.5 Å². The van der Waals surface area contributed by atoms with Crippen molar-refractivity contribution in [2.24, 2.45) is 46.4 Å². The minimum absolute atomic E-state index is 0.0418. The molecular weight excluding hydrogens is 990 g/mol. The number of halogens is 3. The second-order valence-electron chi connectivity index (χ2n) is 18.1. The molecule has 0 unspecified atom stereocenters. The fourth-order valence-electron chi connectivity index (χ4n) is 9.90. The summed E-state index contributed by atoms with van der Waals surface area (Å²) in [6.07, 6.45) is 14.1. The Morgan fingerprint density at radius 1 is 0.767 bits per heavy atom. The summed E-state index contributed by atoms with van der Waals surface area (Å²) in [5.41, 5.74) is 14.6. The highest BCUT2D eigenvalue weighted by Gasteiger charge is 2.53. The number of carbonyl (C=O) groups excluding carboxylic acids is 2. The van der Waals surface area contributed by atoms with Crippen LogP contribution >= 0.6 is 0 Å². The topological polar surface area (TPSA) is 249 Å². The number of aryl methyl sites for hydroxylation is 2. The largest absolute Gasteiger partial charge is 0.465 e. The standard InChI is InChI=1S/C26H31F2N5O4S.C24H28FN5O4S/c1-3-37-25(34)26-13-18(15-29)24(31-21-7-5-20(28)6-8-21)12-19(26)4-9-22(14-26)33(11-10-27)38(35,36)23-16-30-32(2)17-23;1-3-34-23(31)24-11-16(13-26)22(28-19-8-5-18(25)6-9-19)10-17(24)4-7-20(12-24)29-35(32,33)21-14-27-30(2)15-21/h5-8,12,15-17,22H,3-4,9-11,13-14,29H2,1-2H3;5-6,8-10,13-15,20,29H,3-4,7,11-12,26H2,1-2H3/t22-,26-;20-,24-/m00/s1. The van der Waals surface area contributed by atoms with Gasteiger partial charge in [-0.15, -0.1) is 0 Å². The quantitative estimate of drug-likeness (QED) is 0.115. The number of sulfonamides is 2. The van der Waals surface area contributed by atoms with E-state index in [1.54, 1.807) is 46.2 Å². The zero-order valence-electron chi connectivity index (χ0n) is 40.9. The summed E-state index contributed by atoms with van der Waals surface area (Å²) in [6.45, 7) is 2.53. The van der Waals surface area contributed by atoms with E-state index >= 15 is 0 Å². The van der Waals surface area contributed by atoms with Crippen molar-refractivity contribution in [2.45, 2.75) is 87.1 Å². The molecule has 2 heterocycles. The van der Waals surface area contributed by atoms with E-state index in [4.69, 9.17) is 20.9 Å². The Labute approximate surface area is 422 Å². The predicted molar refractivity (Wildman–Crippen MR) is 267 cm³/mol. The molecule has 4 aliphatic rings. The Hall–Kier alpha value is -6.69. The lowest BCUT2D eigenvalue weighted by Gasteiger charge is -2.46. The Morgan fingerprint density at radius 2 is 1.23 bits per heavy atom. The summed E-state index contributed by atoms with van der Waals surface area (Å²) in [7, 11) is -4.65. The third kappa shape index (κ3) is 11.7. The van der Waals surface area contributed by atoms with Gasteiger partial charge in [-0.25, -0.2) is 44.7 Å². The van der Waals surface area contributed by atoms with Gasteiger partial charge >= 0.3 is 11.9 Å². The van der Waals surface area contributed by atoms with Gasteiger partial charge in [0.1, 0.15) is 28.1 Å². The number of aromatic nitrogens is 4. The lowest BCUT2D eigenvalue weighted by molar-refractivity contribution is -0.155. The molecule has 390 valence electrons. The molecule has 0 radical (unpaired) electrons. The van der Waals surface area contributed by atoms with Crippen LogP contribution in [0, 0.1) is 22.5 Å². The van der Waals surface area contributed by atoms with Crippen molar-refractivity contribution < 1.29 is 49.1 Å². The molecule has 18 nitrogen and oxygen atoms in total. The molecule has 2 aromatic carbocycles. The van der Waals surface area contributed by atoms with Crippen molar-refractivity contribution in [1.29, 1.82) is 0 Å². The van der Waals surface area contributed by atoms with E-state index in [9.17, 15) is 39.6 Å². The number of benzene rings is 2. The maximum Gasteiger partial charge on any atom is 0.316 e. The highest BCUT2D eigenvalue weighted by atomic mass is 32.2. The molecule has 0 amide bonds. The monoisotopic (exact) mass is 1050 g/mol. The van der Waals surface area contributed by atoms with E-state index < -0.39 is 61.6 Å². The van der Waals surface area contributed by atoms with E-state index in [-0.39, 0.29) is 66.9 Å². The molecule has 0 bridgehead atoms. The lowest BCUT2D eigenvalue weighted by atomic mass is 9.62. The number of rotatable bonds is 14. The molecule has 73 heavy (non-hydrogen) atoms. The molecule has 23 heteroatoms. The molecule has 2 aromatic heterocycles. The Kier molecular flexibility index (Phi) is 16.8. The first kappa shape index (κ1) is 54.1. The van der Waals surface area contributed by atoms with Crippen molar-refractivity contribution in [2.75, 3.05) is 26.4 Å². The maximum absolute atomic E-state index is 13.7. The van der Waals surface area contributed by atoms with Gasteiger partial charge in [0.15, 0.2) is 0 Å². The van der Waals surface area contributed by atoms with E-state index in [0.29, 0.717) is 59.6 Å². The van der Waals surface area contributed by atoms with Gasteiger partial charge in [-0.05, 0) is 149 Å². The van der Waals surface area contributed by atoms with Crippen LogP contribution < -0.4 is 16.2 Å². The number of hydrogen-bond acceptors (Lipinski definition) is 14. The fraction of sp³-hybridized carbons (Fsp3) is 0.400. The number of esters is 2. The van der Waals surface area contributed by atoms with Gasteiger partial charge in [0.2, 0.25) is 20.0 Å². The number of nitrogens with zero attached hydrogens (tertiary/aromatic N) is 7. The van der Waals surface area contributed by atoms with Crippen LogP contribution in [0.1, 0.15) is 65.2 Å². The first-order chi connectivity index (χ1) is 34.8. The summed E-state index contributed by atoms with van der Waals surface area (Å²) in [5, 5.41) is 7.88. The van der Waals surface area contributed by atoms with Crippen LogP contribution in [0.4, 0.5) is 24.5 Å². The third-order valence-corrected chi connectivity index (χ3v) is 16.8. The Balaban J connectivity index is 0.000000214. The number of fused-ring (bicyclic) bond motifs is 2. The summed E-state index contributed by atoms with van der Waals surface area (Å²) in [4.78, 5) is 36.0. The number of nitrogens with two attached hydrogens (primary N) is 2. The summed E-state index contributed by atoms with van der Waals surface area (Å²) in [6, 6.07) is 10.3. The van der Waals surface area contributed by atoms with Crippen molar-refractivity contribution in [3.63, 3.8) is 0 Å². The molecular formula is C50H59F3N10O8S2. The second-order valence-corrected chi connectivity index (χ2v) is 21.7.